The van der Waals surface area contributed by atoms with Gasteiger partial charge in [0.05, 0.1) is 11.3 Å². The summed E-state index contributed by atoms with van der Waals surface area (Å²) in [4.78, 5) is 18.6. The van der Waals surface area contributed by atoms with Crippen LogP contribution in [0.15, 0.2) is 12.3 Å². The molecule has 1 spiro atoms. The lowest BCUT2D eigenvalue weighted by Gasteiger charge is -2.50. The van der Waals surface area contributed by atoms with E-state index in [0.717, 1.165) is 30.8 Å². The highest BCUT2D eigenvalue weighted by Gasteiger charge is 2.42. The van der Waals surface area contributed by atoms with Crippen LogP contribution in [0.2, 0.25) is 0 Å². The van der Waals surface area contributed by atoms with Gasteiger partial charge in [-0.15, -0.1) is 0 Å². The molecule has 0 aromatic carbocycles. The minimum atomic E-state index is -0.484. The highest BCUT2D eigenvalue weighted by molar-refractivity contribution is 5.93. The summed E-state index contributed by atoms with van der Waals surface area (Å²) in [7, 11) is 0. The predicted molar refractivity (Wildman–Crippen MR) is 86.1 cm³/mol. The number of pyridine rings is 1. The third-order valence-corrected chi connectivity index (χ3v) is 6.29. The number of carbonyl (C=O) groups excluding carboxylic acids is 1. The van der Waals surface area contributed by atoms with Crippen molar-refractivity contribution in [3.05, 3.63) is 29.1 Å². The van der Waals surface area contributed by atoms with Gasteiger partial charge >= 0.3 is 0 Å². The first-order chi connectivity index (χ1) is 11.2. The van der Waals surface area contributed by atoms with Gasteiger partial charge in [0.1, 0.15) is 0 Å². The van der Waals surface area contributed by atoms with E-state index in [1.54, 1.807) is 11.7 Å². The van der Waals surface area contributed by atoms with Crippen LogP contribution in [0.25, 0.3) is 0 Å². The number of nitrogens with one attached hydrogen (secondary N) is 1. The first kappa shape index (κ1) is 15.1. The fourth-order valence-electron chi connectivity index (χ4n) is 4.79. The summed E-state index contributed by atoms with van der Waals surface area (Å²) in [5.74, 6) is -0.484. The second-order valence-corrected chi connectivity index (χ2v) is 7.59. The van der Waals surface area contributed by atoms with Gasteiger partial charge in [0.2, 0.25) is 0 Å². The zero-order valence-corrected chi connectivity index (χ0v) is 13.6. The van der Waals surface area contributed by atoms with E-state index in [1.807, 2.05) is 6.07 Å². The van der Waals surface area contributed by atoms with Gasteiger partial charge in [0.15, 0.2) is 0 Å². The maximum atomic E-state index is 11.5. The average Bonchev–Trinajstić information content (AvgIpc) is 2.59. The molecular formula is C18H25N3O2. The van der Waals surface area contributed by atoms with Crippen molar-refractivity contribution in [1.82, 2.24) is 15.4 Å². The smallest absolute Gasteiger partial charge is 0.276 e. The van der Waals surface area contributed by atoms with E-state index in [0.29, 0.717) is 17.0 Å². The molecule has 2 N–H and O–H groups in total. The van der Waals surface area contributed by atoms with E-state index in [9.17, 15) is 4.79 Å². The molecule has 2 aliphatic carbocycles. The summed E-state index contributed by atoms with van der Waals surface area (Å²) in [5.41, 5.74) is 5.03. The van der Waals surface area contributed by atoms with Crippen LogP contribution in [0.5, 0.6) is 0 Å². The number of fused-ring (bicyclic) bond motifs is 1. The molecule has 0 bridgehead atoms. The zero-order valence-electron chi connectivity index (χ0n) is 13.6. The van der Waals surface area contributed by atoms with Crippen LogP contribution < -0.4 is 5.48 Å². The Bertz CT molecular complexity index is 612. The molecule has 4 rings (SSSR count). The van der Waals surface area contributed by atoms with Gasteiger partial charge in [0.25, 0.3) is 5.91 Å². The molecule has 1 aromatic heterocycles. The fraction of sp³-hybridized carbons (Fsp3) is 0.667. The Morgan fingerprint density at radius 2 is 2.17 bits per heavy atom. The molecule has 3 aliphatic rings. The van der Waals surface area contributed by atoms with Crippen molar-refractivity contribution in [2.24, 2.45) is 5.41 Å². The van der Waals surface area contributed by atoms with Crippen LogP contribution in [0.3, 0.4) is 0 Å². The Kier molecular flexibility index (Phi) is 3.85. The molecule has 0 unspecified atom stereocenters. The number of aromatic nitrogens is 1. The molecule has 23 heavy (non-hydrogen) atoms. The second-order valence-electron chi connectivity index (χ2n) is 7.59. The van der Waals surface area contributed by atoms with Gasteiger partial charge in [-0.3, -0.25) is 19.9 Å². The van der Waals surface area contributed by atoms with Gasteiger partial charge in [-0.2, -0.15) is 0 Å². The number of rotatable bonds is 2. The second kappa shape index (κ2) is 5.87. The van der Waals surface area contributed by atoms with Crippen molar-refractivity contribution < 1.29 is 10.0 Å². The van der Waals surface area contributed by atoms with Gasteiger partial charge in [-0.25, -0.2) is 5.48 Å². The van der Waals surface area contributed by atoms with Crippen LogP contribution in [0.1, 0.15) is 66.6 Å². The largest absolute Gasteiger partial charge is 0.294 e. The maximum Gasteiger partial charge on any atom is 0.276 e. The van der Waals surface area contributed by atoms with E-state index in [1.165, 1.54) is 44.9 Å². The number of nitrogens with zero attached hydrogens (tertiary/aromatic N) is 2. The molecular weight excluding hydrogens is 290 g/mol. The van der Waals surface area contributed by atoms with Crippen LogP contribution in [0, 0.1) is 5.41 Å². The predicted octanol–water partition coefficient (Wildman–Crippen LogP) is 2.67. The van der Waals surface area contributed by atoms with Gasteiger partial charge in [0, 0.05) is 25.3 Å². The molecule has 0 saturated heterocycles. The monoisotopic (exact) mass is 315 g/mol. The number of amides is 1. The molecule has 5 nitrogen and oxygen atoms in total. The van der Waals surface area contributed by atoms with Crippen molar-refractivity contribution in [3.63, 3.8) is 0 Å². The molecule has 1 atom stereocenters. The summed E-state index contributed by atoms with van der Waals surface area (Å²) in [6.07, 6.45) is 12.3. The molecule has 5 heteroatoms. The Labute approximate surface area is 137 Å². The molecule has 0 radical (unpaired) electrons. The number of carbonyl (C=O) groups is 1. The highest BCUT2D eigenvalue weighted by Crippen LogP contribution is 2.52. The maximum absolute atomic E-state index is 11.5. The third-order valence-electron chi connectivity index (χ3n) is 6.29. The fourth-order valence-corrected chi connectivity index (χ4v) is 4.79. The van der Waals surface area contributed by atoms with E-state index in [4.69, 9.17) is 5.21 Å². The van der Waals surface area contributed by atoms with E-state index >= 15 is 0 Å². The van der Waals surface area contributed by atoms with Crippen molar-refractivity contribution in [3.8, 4) is 0 Å². The Morgan fingerprint density at radius 1 is 1.35 bits per heavy atom. The van der Waals surface area contributed by atoms with Crippen LogP contribution in [-0.2, 0) is 13.0 Å². The highest BCUT2D eigenvalue weighted by atomic mass is 16.5. The molecule has 2 heterocycles. The lowest BCUT2D eigenvalue weighted by molar-refractivity contribution is 0.0115. The Balaban J connectivity index is 1.47. The number of hydrogen-bond donors (Lipinski definition) is 2. The molecule has 1 amide bonds. The lowest BCUT2D eigenvalue weighted by Crippen LogP contribution is -2.47. The van der Waals surface area contributed by atoms with E-state index in [2.05, 4.69) is 9.88 Å². The van der Waals surface area contributed by atoms with Crippen LogP contribution in [-0.4, -0.2) is 33.6 Å². The van der Waals surface area contributed by atoms with Gasteiger partial charge in [-0.1, -0.05) is 12.8 Å². The molecule has 1 aliphatic heterocycles. The van der Waals surface area contributed by atoms with Crippen molar-refractivity contribution in [2.45, 2.75) is 64.0 Å². The lowest BCUT2D eigenvalue weighted by atomic mass is 9.59. The zero-order chi connectivity index (χ0) is 15.9. The topological polar surface area (TPSA) is 65.5 Å². The SMILES string of the molecule is O=C(NO)c1cnc2c(c1)CCN([C@H]1CCCC3(CCC3)C1)C2. The minimum absolute atomic E-state index is 0.436. The summed E-state index contributed by atoms with van der Waals surface area (Å²) in [5, 5.41) is 8.75. The first-order valence-corrected chi connectivity index (χ1v) is 8.85. The molecule has 2 fully saturated rings. The number of hydrogen-bond acceptors (Lipinski definition) is 4. The summed E-state index contributed by atoms with van der Waals surface area (Å²) >= 11 is 0. The van der Waals surface area contributed by atoms with Gasteiger partial charge in [-0.05, 0) is 55.6 Å². The quantitative estimate of drug-likeness (QED) is 0.650. The standard InChI is InChI=1S/C18H25N3O2/c22-17(20-23)14-9-13-4-8-21(12-16(13)19-11-14)15-3-1-5-18(10-15)6-2-7-18/h9,11,15,23H,1-8,10,12H2,(H,20,22)/t15-/m0/s1. The van der Waals surface area contributed by atoms with E-state index in [-0.39, 0.29) is 0 Å². The average molecular weight is 315 g/mol. The minimum Gasteiger partial charge on any atom is -0.294 e. The summed E-state index contributed by atoms with van der Waals surface area (Å²) in [6.45, 7) is 1.96. The van der Waals surface area contributed by atoms with Crippen molar-refractivity contribution >= 4 is 5.91 Å². The van der Waals surface area contributed by atoms with Gasteiger partial charge < -0.3 is 0 Å². The number of hydroxylamine groups is 1. The molecule has 1 aromatic rings. The van der Waals surface area contributed by atoms with Crippen molar-refractivity contribution in [1.29, 1.82) is 0 Å². The van der Waals surface area contributed by atoms with Crippen molar-refractivity contribution in [2.75, 3.05) is 6.54 Å². The normalized spacial score (nSPS) is 26.4. The summed E-state index contributed by atoms with van der Waals surface area (Å²) < 4.78 is 0. The first-order valence-electron chi connectivity index (χ1n) is 8.85. The van der Waals surface area contributed by atoms with Crippen LogP contribution >= 0.6 is 0 Å². The third kappa shape index (κ3) is 2.76. The summed E-state index contributed by atoms with van der Waals surface area (Å²) in [6, 6.07) is 2.58. The van der Waals surface area contributed by atoms with Crippen LogP contribution in [0.4, 0.5) is 0 Å². The van der Waals surface area contributed by atoms with E-state index < -0.39 is 5.91 Å². The Morgan fingerprint density at radius 3 is 2.91 bits per heavy atom. The molecule has 2 saturated carbocycles. The Hall–Kier alpha value is -1.46. The molecule has 124 valence electrons.